The molecule has 11 heteroatoms. The SMILES string of the molecule is CCOC(=O)C1=C(C)Nc2ccccc2N=C1NC(=O)c1ccc(S(=O)(=O)N2CCOCC2)cc1. The van der Waals surface area contributed by atoms with E-state index in [2.05, 4.69) is 15.6 Å². The van der Waals surface area contributed by atoms with Crippen LogP contribution in [-0.4, -0.2) is 63.3 Å². The van der Waals surface area contributed by atoms with E-state index in [1.165, 1.54) is 28.6 Å². The van der Waals surface area contributed by atoms with Crippen molar-refractivity contribution in [2.45, 2.75) is 18.7 Å². The summed E-state index contributed by atoms with van der Waals surface area (Å²) in [5.41, 5.74) is 1.99. The Kier molecular flexibility index (Phi) is 7.29. The Balaban J connectivity index is 1.61. The number of amidine groups is 1. The average molecular weight is 499 g/mol. The summed E-state index contributed by atoms with van der Waals surface area (Å²) in [6.07, 6.45) is 0. The summed E-state index contributed by atoms with van der Waals surface area (Å²) < 4.78 is 37.4. The maximum absolute atomic E-state index is 13.1. The van der Waals surface area contributed by atoms with Gasteiger partial charge in [0.15, 0.2) is 0 Å². The van der Waals surface area contributed by atoms with Gasteiger partial charge in [-0.3, -0.25) is 4.79 Å². The number of rotatable bonds is 5. The topological polar surface area (TPSA) is 126 Å². The van der Waals surface area contributed by atoms with Gasteiger partial charge in [-0.2, -0.15) is 4.31 Å². The van der Waals surface area contributed by atoms with Crippen LogP contribution in [0.1, 0.15) is 24.2 Å². The molecule has 2 aliphatic rings. The van der Waals surface area contributed by atoms with Gasteiger partial charge in [-0.25, -0.2) is 18.2 Å². The van der Waals surface area contributed by atoms with Crippen LogP contribution >= 0.6 is 0 Å². The number of sulfonamides is 1. The molecule has 1 amide bonds. The average Bonchev–Trinajstić information content (AvgIpc) is 2.99. The minimum atomic E-state index is -3.68. The van der Waals surface area contributed by atoms with E-state index in [1.54, 1.807) is 26.0 Å². The molecular formula is C24H26N4O6S. The quantitative estimate of drug-likeness (QED) is 0.606. The van der Waals surface area contributed by atoms with E-state index in [1.807, 2.05) is 12.1 Å². The number of nitrogens with zero attached hydrogens (tertiary/aromatic N) is 2. The number of benzene rings is 2. The van der Waals surface area contributed by atoms with E-state index in [4.69, 9.17) is 9.47 Å². The number of carbonyl (C=O) groups excluding carboxylic acids is 2. The number of hydrogen-bond donors (Lipinski definition) is 2. The number of allylic oxidation sites excluding steroid dienone is 1. The summed E-state index contributed by atoms with van der Waals surface area (Å²) in [5.74, 6) is -1.14. The number of carbonyl (C=O) groups is 2. The maximum Gasteiger partial charge on any atom is 0.343 e. The smallest absolute Gasteiger partial charge is 0.343 e. The van der Waals surface area contributed by atoms with Gasteiger partial charge in [0.05, 0.1) is 36.1 Å². The van der Waals surface area contributed by atoms with Gasteiger partial charge in [0.2, 0.25) is 10.0 Å². The number of amides is 1. The molecule has 35 heavy (non-hydrogen) atoms. The van der Waals surface area contributed by atoms with Crippen molar-refractivity contribution in [2.24, 2.45) is 4.99 Å². The van der Waals surface area contributed by atoms with Gasteiger partial charge in [-0.05, 0) is 50.2 Å². The molecule has 1 fully saturated rings. The van der Waals surface area contributed by atoms with Crippen LogP contribution in [0, 0.1) is 0 Å². The van der Waals surface area contributed by atoms with Gasteiger partial charge in [0.25, 0.3) is 5.91 Å². The van der Waals surface area contributed by atoms with Crippen LogP contribution in [-0.2, 0) is 24.3 Å². The number of fused-ring (bicyclic) bond motifs is 1. The third-order valence-electron chi connectivity index (χ3n) is 5.51. The lowest BCUT2D eigenvalue weighted by molar-refractivity contribution is -0.137. The minimum absolute atomic E-state index is 0.0356. The Bertz CT molecular complexity index is 1300. The first kappa shape index (κ1) is 24.6. The van der Waals surface area contributed by atoms with Crippen molar-refractivity contribution in [1.82, 2.24) is 9.62 Å². The Labute approximate surface area is 203 Å². The number of morpholine rings is 1. The first-order valence-corrected chi connectivity index (χ1v) is 12.6. The van der Waals surface area contributed by atoms with Gasteiger partial charge >= 0.3 is 5.97 Å². The van der Waals surface area contributed by atoms with Gasteiger partial charge in [-0.15, -0.1) is 0 Å². The third-order valence-corrected chi connectivity index (χ3v) is 7.42. The molecule has 2 heterocycles. The second-order valence-electron chi connectivity index (χ2n) is 7.82. The minimum Gasteiger partial charge on any atom is -0.462 e. The fourth-order valence-electron chi connectivity index (χ4n) is 3.73. The zero-order valence-electron chi connectivity index (χ0n) is 19.4. The number of ether oxygens (including phenoxy) is 2. The molecule has 0 aliphatic carbocycles. The molecule has 0 bridgehead atoms. The predicted molar refractivity (Wildman–Crippen MR) is 130 cm³/mol. The largest absolute Gasteiger partial charge is 0.462 e. The number of esters is 1. The summed E-state index contributed by atoms with van der Waals surface area (Å²) in [4.78, 5) is 30.4. The van der Waals surface area contributed by atoms with Crippen LogP contribution in [0.4, 0.5) is 11.4 Å². The van der Waals surface area contributed by atoms with Crippen molar-refractivity contribution in [1.29, 1.82) is 0 Å². The zero-order chi connectivity index (χ0) is 25.0. The highest BCUT2D eigenvalue weighted by Crippen LogP contribution is 2.30. The highest BCUT2D eigenvalue weighted by molar-refractivity contribution is 7.89. The summed E-state index contributed by atoms with van der Waals surface area (Å²) in [6.45, 7) is 4.79. The third kappa shape index (κ3) is 5.26. The Morgan fingerprint density at radius 3 is 2.49 bits per heavy atom. The normalized spacial score (nSPS) is 16.5. The van der Waals surface area contributed by atoms with Gasteiger partial charge in [0.1, 0.15) is 11.4 Å². The van der Waals surface area contributed by atoms with Crippen molar-refractivity contribution in [2.75, 3.05) is 38.2 Å². The van der Waals surface area contributed by atoms with E-state index in [0.29, 0.717) is 30.3 Å². The predicted octanol–water partition coefficient (Wildman–Crippen LogP) is 2.43. The lowest BCUT2D eigenvalue weighted by atomic mass is 10.1. The van der Waals surface area contributed by atoms with Crippen LogP contribution in [0.25, 0.3) is 0 Å². The Morgan fingerprint density at radius 2 is 1.80 bits per heavy atom. The van der Waals surface area contributed by atoms with E-state index in [-0.39, 0.29) is 41.6 Å². The molecule has 10 nitrogen and oxygen atoms in total. The van der Waals surface area contributed by atoms with Gasteiger partial charge in [0, 0.05) is 24.4 Å². The monoisotopic (exact) mass is 498 g/mol. The highest BCUT2D eigenvalue weighted by atomic mass is 32.2. The standard InChI is InChI=1S/C24H26N4O6S/c1-3-34-24(30)21-16(2)25-19-6-4-5-7-20(19)26-22(21)27-23(29)17-8-10-18(11-9-17)35(31,32)28-12-14-33-15-13-28/h4-11,25H,3,12-15H2,1-2H3,(H,26,27,29). The fraction of sp³-hybridized carbons (Fsp3) is 0.292. The van der Waals surface area contributed by atoms with Gasteiger partial charge in [-0.1, -0.05) is 12.1 Å². The fourth-order valence-corrected chi connectivity index (χ4v) is 5.14. The molecule has 0 atom stereocenters. The Hall–Kier alpha value is -3.54. The van der Waals surface area contributed by atoms with Crippen LogP contribution in [0.3, 0.4) is 0 Å². The number of para-hydroxylation sites is 2. The van der Waals surface area contributed by atoms with Crippen LogP contribution in [0.2, 0.25) is 0 Å². The van der Waals surface area contributed by atoms with Crippen molar-refractivity contribution >= 4 is 39.1 Å². The molecule has 0 spiro atoms. The van der Waals surface area contributed by atoms with Crippen molar-refractivity contribution in [3.8, 4) is 0 Å². The molecule has 1 saturated heterocycles. The molecule has 4 rings (SSSR count). The lowest BCUT2D eigenvalue weighted by Gasteiger charge is -2.26. The molecule has 2 aromatic rings. The molecule has 184 valence electrons. The second kappa shape index (κ2) is 10.4. The van der Waals surface area contributed by atoms with E-state index < -0.39 is 21.9 Å². The van der Waals surface area contributed by atoms with Gasteiger partial charge < -0.3 is 20.1 Å². The van der Waals surface area contributed by atoms with E-state index >= 15 is 0 Å². The molecule has 2 aliphatic heterocycles. The molecule has 0 unspecified atom stereocenters. The summed E-state index contributed by atoms with van der Waals surface area (Å²) in [7, 11) is -3.68. The highest BCUT2D eigenvalue weighted by Gasteiger charge is 2.28. The molecule has 0 aromatic heterocycles. The molecule has 2 aromatic carbocycles. The van der Waals surface area contributed by atoms with E-state index in [0.717, 1.165) is 0 Å². The van der Waals surface area contributed by atoms with E-state index in [9.17, 15) is 18.0 Å². The van der Waals surface area contributed by atoms with Crippen molar-refractivity contribution in [3.05, 3.63) is 65.4 Å². The summed E-state index contributed by atoms with van der Waals surface area (Å²) in [5, 5.41) is 5.84. The number of hydrogen-bond acceptors (Lipinski definition) is 8. The maximum atomic E-state index is 13.1. The first-order valence-electron chi connectivity index (χ1n) is 11.1. The molecular weight excluding hydrogens is 472 g/mol. The Morgan fingerprint density at radius 1 is 1.11 bits per heavy atom. The van der Waals surface area contributed by atoms with Crippen molar-refractivity contribution < 1.29 is 27.5 Å². The number of aliphatic imine (C=N–C) groups is 1. The summed E-state index contributed by atoms with van der Waals surface area (Å²) in [6, 6.07) is 12.8. The van der Waals surface area contributed by atoms with Crippen LogP contribution in [0.15, 0.2) is 69.7 Å². The first-order chi connectivity index (χ1) is 16.8. The van der Waals surface area contributed by atoms with Crippen molar-refractivity contribution in [3.63, 3.8) is 0 Å². The molecule has 0 radical (unpaired) electrons. The number of anilines is 1. The zero-order valence-corrected chi connectivity index (χ0v) is 20.2. The molecule has 0 saturated carbocycles. The van der Waals surface area contributed by atoms with Crippen LogP contribution < -0.4 is 10.6 Å². The van der Waals surface area contributed by atoms with Crippen LogP contribution in [0.5, 0.6) is 0 Å². The molecule has 2 N–H and O–H groups in total. The number of nitrogens with one attached hydrogen (secondary N) is 2. The summed E-state index contributed by atoms with van der Waals surface area (Å²) >= 11 is 0. The second-order valence-corrected chi connectivity index (χ2v) is 9.76. The lowest BCUT2D eigenvalue weighted by Crippen LogP contribution is -2.40.